The highest BCUT2D eigenvalue weighted by Gasteiger charge is 2.43. The Morgan fingerprint density at radius 1 is 1.18 bits per heavy atom. The van der Waals surface area contributed by atoms with Crippen LogP contribution in [0, 0.1) is 11.3 Å². The van der Waals surface area contributed by atoms with Gasteiger partial charge in [0.25, 0.3) is 0 Å². The normalized spacial score (nSPS) is 18.7. The van der Waals surface area contributed by atoms with Gasteiger partial charge in [0.15, 0.2) is 5.41 Å². The van der Waals surface area contributed by atoms with Gasteiger partial charge in [-0.1, -0.05) is 12.2 Å². The van der Waals surface area contributed by atoms with Gasteiger partial charge in [-0.25, -0.2) is 0 Å². The number of ketones is 1. The monoisotopic (exact) mass is 310 g/mol. The molecule has 0 spiro atoms. The molecule has 0 N–H and O–H groups in total. The lowest BCUT2D eigenvalue weighted by Gasteiger charge is -2.23. The highest BCUT2D eigenvalue weighted by Crippen LogP contribution is 2.28. The smallest absolute Gasteiger partial charge is 0.323 e. The number of hydrogen-bond acceptors (Lipinski definition) is 5. The van der Waals surface area contributed by atoms with Gasteiger partial charge in [0, 0.05) is 12.3 Å². The maximum Gasteiger partial charge on any atom is 0.323 e. The third-order valence-corrected chi connectivity index (χ3v) is 4.00. The summed E-state index contributed by atoms with van der Waals surface area (Å²) < 4.78 is 9.99. The van der Waals surface area contributed by atoms with Crippen LogP contribution in [0.4, 0.5) is 0 Å². The van der Waals surface area contributed by atoms with Crippen molar-refractivity contribution in [3.05, 3.63) is 12.2 Å². The molecule has 0 amide bonds. The number of carbonyl (C=O) groups excluding carboxylic acids is 3. The molecule has 0 heterocycles. The number of allylic oxidation sites excluding steroid dienone is 2. The van der Waals surface area contributed by atoms with E-state index >= 15 is 0 Å². The molecular formula is C17H26O5. The summed E-state index contributed by atoms with van der Waals surface area (Å²) in [4.78, 5) is 35.7. The lowest BCUT2D eigenvalue weighted by molar-refractivity contribution is -0.170. The van der Waals surface area contributed by atoms with E-state index in [1.165, 1.54) is 6.92 Å². The molecule has 1 atom stereocenters. The second-order valence-electron chi connectivity index (χ2n) is 5.74. The van der Waals surface area contributed by atoms with E-state index in [2.05, 4.69) is 0 Å². The molecule has 5 heteroatoms. The highest BCUT2D eigenvalue weighted by atomic mass is 16.6. The molecule has 1 aliphatic rings. The van der Waals surface area contributed by atoms with Gasteiger partial charge in [0.2, 0.25) is 0 Å². The van der Waals surface area contributed by atoms with Crippen molar-refractivity contribution in [3.8, 4) is 0 Å². The van der Waals surface area contributed by atoms with Crippen LogP contribution in [0.1, 0.15) is 52.9 Å². The summed E-state index contributed by atoms with van der Waals surface area (Å²) >= 11 is 0. The van der Waals surface area contributed by atoms with Gasteiger partial charge in [-0.05, 0) is 46.5 Å². The van der Waals surface area contributed by atoms with E-state index in [0.717, 1.165) is 12.8 Å². The molecule has 0 saturated heterocycles. The summed E-state index contributed by atoms with van der Waals surface area (Å²) in [6.07, 6.45) is 7.09. The molecular weight excluding hydrogens is 284 g/mol. The van der Waals surface area contributed by atoms with Gasteiger partial charge in [-0.15, -0.1) is 0 Å². The molecule has 1 rings (SSSR count). The quantitative estimate of drug-likeness (QED) is 0.392. The Morgan fingerprint density at radius 2 is 1.77 bits per heavy atom. The number of carbonyl (C=O) groups is 3. The number of hydrogen-bond donors (Lipinski definition) is 0. The van der Waals surface area contributed by atoms with Crippen molar-refractivity contribution < 1.29 is 23.9 Å². The van der Waals surface area contributed by atoms with Gasteiger partial charge in [0.1, 0.15) is 5.78 Å². The maximum absolute atomic E-state index is 12.1. The first kappa shape index (κ1) is 18.4. The fourth-order valence-corrected chi connectivity index (χ4v) is 2.55. The van der Waals surface area contributed by atoms with Gasteiger partial charge >= 0.3 is 11.9 Å². The van der Waals surface area contributed by atoms with Crippen LogP contribution in [0.25, 0.3) is 0 Å². The first-order valence-electron chi connectivity index (χ1n) is 7.97. The van der Waals surface area contributed by atoms with E-state index in [1.54, 1.807) is 19.9 Å². The van der Waals surface area contributed by atoms with Crippen LogP contribution >= 0.6 is 0 Å². The molecule has 0 bridgehead atoms. The molecule has 0 aliphatic heterocycles. The first-order chi connectivity index (χ1) is 10.5. The zero-order valence-electron chi connectivity index (χ0n) is 13.7. The van der Waals surface area contributed by atoms with Crippen molar-refractivity contribution in [1.29, 1.82) is 0 Å². The molecule has 1 fully saturated rings. The van der Waals surface area contributed by atoms with Crippen LogP contribution in [-0.2, 0) is 23.9 Å². The Morgan fingerprint density at radius 3 is 2.23 bits per heavy atom. The summed E-state index contributed by atoms with van der Waals surface area (Å²) in [7, 11) is 0. The fourth-order valence-electron chi connectivity index (χ4n) is 2.55. The molecule has 124 valence electrons. The predicted molar refractivity (Wildman–Crippen MR) is 82.1 cm³/mol. The van der Waals surface area contributed by atoms with Crippen LogP contribution in [0.5, 0.6) is 0 Å². The van der Waals surface area contributed by atoms with E-state index in [9.17, 15) is 14.4 Å². The van der Waals surface area contributed by atoms with Crippen LogP contribution in [0.2, 0.25) is 0 Å². The van der Waals surface area contributed by atoms with E-state index in [1.807, 2.05) is 6.08 Å². The Labute approximate surface area is 132 Å². The van der Waals surface area contributed by atoms with E-state index in [0.29, 0.717) is 18.6 Å². The summed E-state index contributed by atoms with van der Waals surface area (Å²) in [6, 6.07) is 0. The summed E-state index contributed by atoms with van der Waals surface area (Å²) in [5, 5.41) is 0. The fraction of sp³-hybridized carbons (Fsp3) is 0.706. The molecule has 1 saturated carbocycles. The van der Waals surface area contributed by atoms with Gasteiger partial charge in [0.05, 0.1) is 13.2 Å². The Hall–Kier alpha value is -1.65. The van der Waals surface area contributed by atoms with E-state index < -0.39 is 17.4 Å². The molecule has 1 aliphatic carbocycles. The molecule has 22 heavy (non-hydrogen) atoms. The summed E-state index contributed by atoms with van der Waals surface area (Å²) in [5.41, 5.74) is -1.33. The molecule has 0 aromatic carbocycles. The van der Waals surface area contributed by atoms with Crippen LogP contribution < -0.4 is 0 Å². The lowest BCUT2D eigenvalue weighted by Crippen LogP contribution is -2.39. The largest absolute Gasteiger partial charge is 0.465 e. The minimum Gasteiger partial charge on any atom is -0.465 e. The highest BCUT2D eigenvalue weighted by molar-refractivity contribution is 5.99. The number of ether oxygens (including phenoxy) is 2. The number of rotatable bonds is 8. The van der Waals surface area contributed by atoms with Crippen molar-refractivity contribution in [2.75, 3.05) is 13.2 Å². The second-order valence-corrected chi connectivity index (χ2v) is 5.74. The third-order valence-electron chi connectivity index (χ3n) is 4.00. The molecule has 0 radical (unpaired) electrons. The van der Waals surface area contributed by atoms with Crippen molar-refractivity contribution in [3.63, 3.8) is 0 Å². The molecule has 0 aromatic rings. The van der Waals surface area contributed by atoms with Gasteiger partial charge in [-0.3, -0.25) is 14.4 Å². The maximum atomic E-state index is 12.1. The second kappa shape index (κ2) is 8.71. The topological polar surface area (TPSA) is 69.7 Å². The van der Waals surface area contributed by atoms with Crippen molar-refractivity contribution in [2.45, 2.75) is 52.9 Å². The van der Waals surface area contributed by atoms with Crippen molar-refractivity contribution in [2.24, 2.45) is 11.3 Å². The zero-order valence-corrected chi connectivity index (χ0v) is 13.7. The SMILES string of the molecule is CCOC(=O)C(C)(C/C=C/CC1CCCC1=O)C(=O)OCC. The van der Waals surface area contributed by atoms with Crippen molar-refractivity contribution in [1.82, 2.24) is 0 Å². The van der Waals surface area contributed by atoms with Crippen LogP contribution in [-0.4, -0.2) is 30.9 Å². The average Bonchev–Trinajstić information content (AvgIpc) is 2.89. The lowest BCUT2D eigenvalue weighted by atomic mass is 9.86. The third kappa shape index (κ3) is 4.68. The van der Waals surface area contributed by atoms with E-state index in [4.69, 9.17) is 9.47 Å². The van der Waals surface area contributed by atoms with Crippen LogP contribution in [0.15, 0.2) is 12.2 Å². The zero-order chi connectivity index (χ0) is 16.6. The van der Waals surface area contributed by atoms with Crippen LogP contribution in [0.3, 0.4) is 0 Å². The first-order valence-corrected chi connectivity index (χ1v) is 7.97. The minimum absolute atomic E-state index is 0.0905. The minimum atomic E-state index is -1.33. The average molecular weight is 310 g/mol. The number of Topliss-reactive ketones (excluding diaryl/α,β-unsaturated/α-hetero) is 1. The van der Waals surface area contributed by atoms with Gasteiger partial charge in [-0.2, -0.15) is 0 Å². The summed E-state index contributed by atoms with van der Waals surface area (Å²) in [6.45, 7) is 5.37. The summed E-state index contributed by atoms with van der Waals surface area (Å²) in [5.74, 6) is -0.749. The predicted octanol–water partition coefficient (Wildman–Crippen LogP) is 2.82. The Kier molecular flexibility index (Phi) is 7.28. The van der Waals surface area contributed by atoms with E-state index in [-0.39, 0.29) is 25.6 Å². The number of esters is 2. The standard InChI is InChI=1S/C17H26O5/c1-4-21-15(19)17(3,16(20)22-5-2)12-7-6-9-13-10-8-11-14(13)18/h6-7,13H,4-5,8-12H2,1-3H3/b7-6+. The Bertz CT molecular complexity index is 420. The molecule has 5 nitrogen and oxygen atoms in total. The van der Waals surface area contributed by atoms with Gasteiger partial charge < -0.3 is 9.47 Å². The molecule has 1 unspecified atom stereocenters. The Balaban J connectivity index is 2.65. The van der Waals surface area contributed by atoms with Crippen molar-refractivity contribution >= 4 is 17.7 Å². The molecule has 0 aromatic heterocycles.